The predicted molar refractivity (Wildman–Crippen MR) is 77.6 cm³/mol. The molecule has 1 aromatic carbocycles. The van der Waals surface area contributed by atoms with Crippen LogP contribution in [-0.2, 0) is 6.42 Å². The highest BCUT2D eigenvalue weighted by Crippen LogP contribution is 2.14. The SMILES string of the molecule is CCC(CO)(CO)NC(C)Cc1ccc(Br)cc1. The molecule has 0 saturated heterocycles. The van der Waals surface area contributed by atoms with Gasteiger partial charge in [-0.2, -0.15) is 0 Å². The molecule has 1 unspecified atom stereocenters. The topological polar surface area (TPSA) is 52.5 Å². The fraction of sp³-hybridized carbons (Fsp3) is 0.571. The van der Waals surface area contributed by atoms with Gasteiger partial charge in [0.25, 0.3) is 0 Å². The Kier molecular flexibility index (Phi) is 6.29. The molecule has 0 aromatic heterocycles. The van der Waals surface area contributed by atoms with Gasteiger partial charge in [-0.05, 0) is 37.5 Å². The monoisotopic (exact) mass is 315 g/mol. The first-order valence-corrected chi connectivity index (χ1v) is 7.08. The zero-order valence-electron chi connectivity index (χ0n) is 11.0. The third-order valence-electron chi connectivity index (χ3n) is 3.29. The fourth-order valence-corrected chi connectivity index (χ4v) is 2.28. The molecule has 0 heterocycles. The summed E-state index contributed by atoms with van der Waals surface area (Å²) in [5, 5.41) is 22.1. The van der Waals surface area contributed by atoms with E-state index in [0.29, 0.717) is 6.42 Å². The maximum atomic E-state index is 9.40. The minimum Gasteiger partial charge on any atom is -0.394 e. The van der Waals surface area contributed by atoms with Gasteiger partial charge in [0, 0.05) is 10.5 Å². The number of benzene rings is 1. The van der Waals surface area contributed by atoms with Gasteiger partial charge in [-0.1, -0.05) is 35.0 Å². The summed E-state index contributed by atoms with van der Waals surface area (Å²) in [6.07, 6.45) is 1.57. The Morgan fingerprint density at radius 1 is 1.22 bits per heavy atom. The number of aliphatic hydroxyl groups excluding tert-OH is 2. The smallest absolute Gasteiger partial charge is 0.0647 e. The Labute approximate surface area is 117 Å². The fourth-order valence-electron chi connectivity index (χ4n) is 2.01. The lowest BCUT2D eigenvalue weighted by atomic mass is 9.95. The predicted octanol–water partition coefficient (Wildman–Crippen LogP) is 2.10. The normalized spacial score (nSPS) is 13.6. The maximum absolute atomic E-state index is 9.40. The highest BCUT2D eigenvalue weighted by Gasteiger charge is 2.27. The van der Waals surface area contributed by atoms with E-state index in [1.807, 2.05) is 19.1 Å². The van der Waals surface area contributed by atoms with Crippen molar-refractivity contribution in [2.24, 2.45) is 0 Å². The van der Waals surface area contributed by atoms with E-state index in [1.165, 1.54) is 5.56 Å². The van der Waals surface area contributed by atoms with Gasteiger partial charge in [0.05, 0.1) is 18.8 Å². The summed E-state index contributed by atoms with van der Waals surface area (Å²) in [6, 6.07) is 8.40. The Morgan fingerprint density at radius 2 is 1.78 bits per heavy atom. The average Bonchev–Trinajstić information content (AvgIpc) is 2.39. The molecular formula is C14H22BrNO2. The van der Waals surface area contributed by atoms with Crippen LogP contribution in [0.4, 0.5) is 0 Å². The van der Waals surface area contributed by atoms with Gasteiger partial charge in [-0.15, -0.1) is 0 Å². The van der Waals surface area contributed by atoms with Crippen LogP contribution in [0.25, 0.3) is 0 Å². The molecule has 0 fully saturated rings. The molecule has 0 aliphatic rings. The lowest BCUT2D eigenvalue weighted by molar-refractivity contribution is 0.0793. The molecule has 0 bridgehead atoms. The summed E-state index contributed by atoms with van der Waals surface area (Å²) in [5.41, 5.74) is 0.661. The average molecular weight is 316 g/mol. The van der Waals surface area contributed by atoms with Crippen molar-refractivity contribution < 1.29 is 10.2 Å². The van der Waals surface area contributed by atoms with Crippen molar-refractivity contribution in [1.82, 2.24) is 5.32 Å². The zero-order valence-corrected chi connectivity index (χ0v) is 12.6. The van der Waals surface area contributed by atoms with E-state index < -0.39 is 5.54 Å². The van der Waals surface area contributed by atoms with Gasteiger partial charge in [-0.25, -0.2) is 0 Å². The molecule has 0 aliphatic carbocycles. The number of aliphatic hydroxyl groups is 2. The van der Waals surface area contributed by atoms with Gasteiger partial charge < -0.3 is 15.5 Å². The molecule has 0 spiro atoms. The molecule has 3 nitrogen and oxygen atoms in total. The maximum Gasteiger partial charge on any atom is 0.0647 e. The van der Waals surface area contributed by atoms with Crippen LogP contribution < -0.4 is 5.32 Å². The summed E-state index contributed by atoms with van der Waals surface area (Å²) in [7, 11) is 0. The van der Waals surface area contributed by atoms with Crippen molar-refractivity contribution in [2.75, 3.05) is 13.2 Å². The second kappa shape index (κ2) is 7.24. The molecule has 3 N–H and O–H groups in total. The number of hydrogen-bond acceptors (Lipinski definition) is 3. The highest BCUT2D eigenvalue weighted by molar-refractivity contribution is 9.10. The van der Waals surface area contributed by atoms with Crippen LogP contribution >= 0.6 is 15.9 Å². The Balaban J connectivity index is 2.60. The molecule has 0 radical (unpaired) electrons. The Bertz CT molecular complexity index is 341. The molecule has 102 valence electrons. The van der Waals surface area contributed by atoms with Gasteiger partial charge >= 0.3 is 0 Å². The van der Waals surface area contributed by atoms with Crippen molar-refractivity contribution in [2.45, 2.75) is 38.3 Å². The van der Waals surface area contributed by atoms with E-state index >= 15 is 0 Å². The van der Waals surface area contributed by atoms with E-state index in [0.717, 1.165) is 10.9 Å². The minimum atomic E-state index is -0.575. The van der Waals surface area contributed by atoms with Crippen molar-refractivity contribution in [3.63, 3.8) is 0 Å². The van der Waals surface area contributed by atoms with Crippen LogP contribution in [-0.4, -0.2) is 35.0 Å². The summed E-state index contributed by atoms with van der Waals surface area (Å²) in [4.78, 5) is 0. The quantitative estimate of drug-likeness (QED) is 0.722. The lowest BCUT2D eigenvalue weighted by Gasteiger charge is -2.33. The van der Waals surface area contributed by atoms with Crippen LogP contribution in [0.1, 0.15) is 25.8 Å². The summed E-state index contributed by atoms with van der Waals surface area (Å²) < 4.78 is 1.07. The van der Waals surface area contributed by atoms with E-state index in [4.69, 9.17) is 0 Å². The van der Waals surface area contributed by atoms with Gasteiger partial charge in [-0.3, -0.25) is 0 Å². The van der Waals surface area contributed by atoms with E-state index in [9.17, 15) is 10.2 Å². The summed E-state index contributed by atoms with van der Waals surface area (Å²) in [6.45, 7) is 3.93. The summed E-state index contributed by atoms with van der Waals surface area (Å²) in [5.74, 6) is 0. The number of hydrogen-bond donors (Lipinski definition) is 3. The Morgan fingerprint density at radius 3 is 2.22 bits per heavy atom. The van der Waals surface area contributed by atoms with Gasteiger partial charge in [0.1, 0.15) is 0 Å². The van der Waals surface area contributed by atoms with Gasteiger partial charge in [0.15, 0.2) is 0 Å². The second-order valence-electron chi connectivity index (χ2n) is 4.83. The standard InChI is InChI=1S/C14H22BrNO2/c1-3-14(9-17,10-18)16-11(2)8-12-4-6-13(15)7-5-12/h4-7,11,16-18H,3,8-10H2,1-2H3. The van der Waals surface area contributed by atoms with Crippen LogP contribution in [0.3, 0.4) is 0 Å². The molecule has 0 aliphatic heterocycles. The lowest BCUT2D eigenvalue weighted by Crippen LogP contribution is -2.55. The third-order valence-corrected chi connectivity index (χ3v) is 3.82. The van der Waals surface area contributed by atoms with Crippen LogP contribution in [0.15, 0.2) is 28.7 Å². The highest BCUT2D eigenvalue weighted by atomic mass is 79.9. The van der Waals surface area contributed by atoms with Crippen LogP contribution in [0, 0.1) is 0 Å². The first kappa shape index (κ1) is 15.6. The second-order valence-corrected chi connectivity index (χ2v) is 5.74. The van der Waals surface area contributed by atoms with Crippen molar-refractivity contribution in [3.05, 3.63) is 34.3 Å². The number of halogens is 1. The van der Waals surface area contributed by atoms with Crippen molar-refractivity contribution in [1.29, 1.82) is 0 Å². The largest absolute Gasteiger partial charge is 0.394 e. The van der Waals surface area contributed by atoms with Gasteiger partial charge in [0.2, 0.25) is 0 Å². The van der Waals surface area contributed by atoms with E-state index in [2.05, 4.69) is 40.3 Å². The van der Waals surface area contributed by atoms with E-state index in [1.54, 1.807) is 0 Å². The third kappa shape index (κ3) is 4.35. The van der Waals surface area contributed by atoms with Crippen molar-refractivity contribution >= 4 is 15.9 Å². The number of nitrogens with one attached hydrogen (secondary N) is 1. The molecule has 18 heavy (non-hydrogen) atoms. The van der Waals surface area contributed by atoms with Crippen LogP contribution in [0.5, 0.6) is 0 Å². The molecule has 1 aromatic rings. The molecule has 0 amide bonds. The molecule has 1 atom stereocenters. The number of rotatable bonds is 7. The van der Waals surface area contributed by atoms with E-state index in [-0.39, 0.29) is 19.3 Å². The van der Waals surface area contributed by atoms with Crippen molar-refractivity contribution in [3.8, 4) is 0 Å². The summed E-state index contributed by atoms with van der Waals surface area (Å²) >= 11 is 3.41. The molecule has 1 rings (SSSR count). The zero-order chi connectivity index (χ0) is 13.6. The molecular weight excluding hydrogens is 294 g/mol. The Hall–Kier alpha value is -0.420. The van der Waals surface area contributed by atoms with Crippen LogP contribution in [0.2, 0.25) is 0 Å². The molecule has 4 heteroatoms. The first-order valence-electron chi connectivity index (χ1n) is 6.29. The minimum absolute atomic E-state index is 0.0509. The molecule has 0 saturated carbocycles. The first-order chi connectivity index (χ1) is 8.55.